The van der Waals surface area contributed by atoms with Gasteiger partial charge in [-0.25, -0.2) is 11.1 Å². The standard InChI is InChI=1S/C35H35N2O/c1-21-24-11-9-10-12-25(24)28(20-34(2,3)4)33-30(21)32-31-26(15-16-37(32)8)27-17-22(19-35(5,6)36-7)13-14-23(27)18-29(31)38-33/h9-18H,19-20H2,1-6,8H3/q+1. The summed E-state index contributed by atoms with van der Waals surface area (Å²) in [6.07, 6.45) is 3.84. The number of hydrogen-bond acceptors (Lipinski definition) is 1. The smallest absolute Gasteiger partial charge is 0.231 e. The lowest BCUT2D eigenvalue weighted by molar-refractivity contribution is -0.659. The first kappa shape index (κ1) is 24.4. The zero-order valence-corrected chi connectivity index (χ0v) is 23.5. The van der Waals surface area contributed by atoms with Crippen molar-refractivity contribution in [3.05, 3.63) is 88.9 Å². The van der Waals surface area contributed by atoms with E-state index in [2.05, 4.69) is 105 Å². The van der Waals surface area contributed by atoms with Gasteiger partial charge in [-0.1, -0.05) is 63.2 Å². The number of hydrogen-bond donors (Lipinski definition) is 0. The van der Waals surface area contributed by atoms with Gasteiger partial charge < -0.3 is 9.58 Å². The minimum Gasteiger partial charge on any atom is -0.455 e. The number of aromatic nitrogens is 1. The second-order valence-corrected chi connectivity index (χ2v) is 12.8. The van der Waals surface area contributed by atoms with E-state index in [1.165, 1.54) is 49.5 Å². The van der Waals surface area contributed by atoms with Crippen molar-refractivity contribution in [1.29, 1.82) is 0 Å². The molecule has 0 saturated heterocycles. The fraction of sp³-hybridized carbons (Fsp3) is 0.314. The summed E-state index contributed by atoms with van der Waals surface area (Å²) in [5.74, 6) is 1.92. The average Bonchev–Trinajstić information content (AvgIpc) is 2.87. The minimum absolute atomic E-state index is 0.114. The molecule has 190 valence electrons. The topological polar surface area (TPSA) is 17.5 Å². The second-order valence-electron chi connectivity index (χ2n) is 12.8. The lowest BCUT2D eigenvalue weighted by atomic mass is 9.81. The molecule has 0 spiro atoms. The quantitative estimate of drug-likeness (QED) is 0.135. The second kappa shape index (κ2) is 8.30. The Morgan fingerprint density at radius 1 is 0.868 bits per heavy atom. The van der Waals surface area contributed by atoms with Crippen LogP contribution in [0.2, 0.25) is 0 Å². The summed E-state index contributed by atoms with van der Waals surface area (Å²) in [4.78, 5) is 3.84. The van der Waals surface area contributed by atoms with Crippen LogP contribution < -0.4 is 9.30 Å². The number of ether oxygens (including phenoxy) is 1. The van der Waals surface area contributed by atoms with Crippen LogP contribution in [0.25, 0.3) is 48.4 Å². The van der Waals surface area contributed by atoms with Gasteiger partial charge in [0.25, 0.3) is 0 Å². The summed E-state index contributed by atoms with van der Waals surface area (Å²) in [7, 11) is 2.14. The molecule has 1 aliphatic rings. The predicted octanol–water partition coefficient (Wildman–Crippen LogP) is 8.88. The van der Waals surface area contributed by atoms with Crippen LogP contribution in [0.15, 0.2) is 60.8 Å². The fourth-order valence-electron chi connectivity index (χ4n) is 6.19. The lowest BCUT2D eigenvalue weighted by Crippen LogP contribution is -2.32. The van der Waals surface area contributed by atoms with Crippen LogP contribution in [0.5, 0.6) is 11.5 Å². The molecule has 0 aliphatic carbocycles. The van der Waals surface area contributed by atoms with Crippen molar-refractivity contribution in [3.63, 3.8) is 0 Å². The van der Waals surface area contributed by atoms with Crippen LogP contribution in [0.1, 0.15) is 51.3 Å². The molecule has 0 unspecified atom stereocenters. The van der Waals surface area contributed by atoms with Crippen LogP contribution in [-0.4, -0.2) is 5.54 Å². The van der Waals surface area contributed by atoms with Crippen molar-refractivity contribution in [3.8, 4) is 22.8 Å². The summed E-state index contributed by atoms with van der Waals surface area (Å²) < 4.78 is 9.21. The Morgan fingerprint density at radius 3 is 2.32 bits per heavy atom. The maximum atomic E-state index is 7.59. The number of benzene rings is 4. The monoisotopic (exact) mass is 499 g/mol. The number of aryl methyl sites for hydroxylation is 2. The van der Waals surface area contributed by atoms with E-state index >= 15 is 0 Å². The molecule has 0 atom stereocenters. The van der Waals surface area contributed by atoms with E-state index in [0.717, 1.165) is 35.1 Å². The van der Waals surface area contributed by atoms with Crippen LogP contribution >= 0.6 is 0 Å². The van der Waals surface area contributed by atoms with Gasteiger partial charge in [0.15, 0.2) is 6.20 Å². The molecule has 0 radical (unpaired) electrons. The van der Waals surface area contributed by atoms with E-state index in [-0.39, 0.29) is 5.41 Å². The Kier molecular flexibility index (Phi) is 5.34. The first-order chi connectivity index (χ1) is 18.0. The molecule has 0 amide bonds. The first-order valence-corrected chi connectivity index (χ1v) is 13.5. The highest BCUT2D eigenvalue weighted by molar-refractivity contribution is 6.16. The van der Waals surface area contributed by atoms with Gasteiger partial charge in [-0.05, 0) is 57.5 Å². The zero-order chi connectivity index (χ0) is 27.0. The third kappa shape index (κ3) is 3.82. The van der Waals surface area contributed by atoms with Crippen molar-refractivity contribution in [2.24, 2.45) is 12.5 Å². The number of nitrogens with zero attached hydrogens (tertiary/aromatic N) is 2. The normalized spacial score (nSPS) is 13.0. The molecule has 6 rings (SSSR count). The van der Waals surface area contributed by atoms with E-state index in [9.17, 15) is 0 Å². The molecule has 0 N–H and O–H groups in total. The summed E-state index contributed by atoms with van der Waals surface area (Å²) in [5.41, 5.74) is 5.84. The number of pyridine rings is 1. The molecular weight excluding hydrogens is 464 g/mol. The van der Waals surface area contributed by atoms with Crippen LogP contribution in [0.4, 0.5) is 0 Å². The Hall–Kier alpha value is -3.90. The Labute approximate surface area is 225 Å². The largest absolute Gasteiger partial charge is 0.455 e. The van der Waals surface area contributed by atoms with Crippen molar-refractivity contribution in [2.45, 2.75) is 59.9 Å². The van der Waals surface area contributed by atoms with Gasteiger partial charge in [-0.15, -0.1) is 0 Å². The van der Waals surface area contributed by atoms with E-state index in [1.54, 1.807) is 0 Å². The molecule has 1 aromatic heterocycles. The number of fused-ring (bicyclic) bond motifs is 5. The molecule has 1 aliphatic heterocycles. The molecule has 4 aromatic carbocycles. The molecule has 0 fully saturated rings. The van der Waals surface area contributed by atoms with Crippen LogP contribution in [0, 0.1) is 18.9 Å². The third-order valence-electron chi connectivity index (χ3n) is 7.89. The van der Waals surface area contributed by atoms with Gasteiger partial charge >= 0.3 is 0 Å². The predicted molar refractivity (Wildman–Crippen MR) is 158 cm³/mol. The summed E-state index contributed by atoms with van der Waals surface area (Å²) in [6.45, 7) is 20.7. The molecule has 5 aromatic rings. The lowest BCUT2D eigenvalue weighted by Gasteiger charge is -2.28. The highest BCUT2D eigenvalue weighted by Gasteiger charge is 2.34. The summed E-state index contributed by atoms with van der Waals surface area (Å²) >= 11 is 0. The molecule has 0 saturated carbocycles. The molecule has 2 heterocycles. The fourth-order valence-corrected chi connectivity index (χ4v) is 6.19. The molecule has 0 bridgehead atoms. The molecular formula is C35H35N2O+. The summed E-state index contributed by atoms with van der Waals surface area (Å²) in [6, 6.07) is 19.8. The van der Waals surface area contributed by atoms with Crippen molar-refractivity contribution >= 4 is 32.3 Å². The van der Waals surface area contributed by atoms with Gasteiger partial charge in [-0.2, -0.15) is 0 Å². The molecule has 3 nitrogen and oxygen atoms in total. The Morgan fingerprint density at radius 2 is 1.61 bits per heavy atom. The third-order valence-corrected chi connectivity index (χ3v) is 7.89. The van der Waals surface area contributed by atoms with E-state index in [4.69, 9.17) is 11.3 Å². The van der Waals surface area contributed by atoms with Crippen molar-refractivity contribution in [1.82, 2.24) is 0 Å². The van der Waals surface area contributed by atoms with Crippen LogP contribution in [0.3, 0.4) is 0 Å². The van der Waals surface area contributed by atoms with Gasteiger partial charge in [0, 0.05) is 30.9 Å². The van der Waals surface area contributed by atoms with E-state index in [0.29, 0.717) is 0 Å². The maximum absolute atomic E-state index is 7.59. The maximum Gasteiger partial charge on any atom is 0.231 e. The first-order valence-electron chi connectivity index (χ1n) is 13.5. The summed E-state index contributed by atoms with van der Waals surface area (Å²) in [5, 5.41) is 7.31. The highest BCUT2D eigenvalue weighted by atomic mass is 16.5. The SMILES string of the molecule is [C-]#[N+]C(C)(C)Cc1ccc2cc3c4c([n+](C)ccc4c2c1)-c1c(c(CC(C)(C)C)c2ccccc2c1C)O3. The zero-order valence-electron chi connectivity index (χ0n) is 23.5. The highest BCUT2D eigenvalue weighted by Crippen LogP contribution is 2.52. The molecule has 3 heteroatoms. The van der Waals surface area contributed by atoms with Gasteiger partial charge in [0.2, 0.25) is 11.2 Å². The van der Waals surface area contributed by atoms with Crippen LogP contribution in [-0.2, 0) is 19.9 Å². The Bertz CT molecular complexity index is 1830. The average molecular weight is 500 g/mol. The van der Waals surface area contributed by atoms with Gasteiger partial charge in [-0.3, -0.25) is 0 Å². The van der Waals surface area contributed by atoms with Crippen molar-refractivity contribution in [2.75, 3.05) is 0 Å². The van der Waals surface area contributed by atoms with Gasteiger partial charge in [0.1, 0.15) is 18.5 Å². The van der Waals surface area contributed by atoms with E-state index in [1.807, 2.05) is 13.8 Å². The van der Waals surface area contributed by atoms with E-state index < -0.39 is 5.54 Å². The Balaban J connectivity index is 1.70. The number of rotatable bonds is 3. The molecule has 38 heavy (non-hydrogen) atoms. The van der Waals surface area contributed by atoms with Crippen molar-refractivity contribution < 1.29 is 9.30 Å². The minimum atomic E-state index is -0.421. The van der Waals surface area contributed by atoms with Gasteiger partial charge in [0.05, 0.1) is 17.4 Å².